The van der Waals surface area contributed by atoms with Gasteiger partial charge in [0.1, 0.15) is 0 Å². The van der Waals surface area contributed by atoms with Gasteiger partial charge in [0.15, 0.2) is 5.13 Å². The fraction of sp³-hybridized carbons (Fsp3) is 0.500. The lowest BCUT2D eigenvalue weighted by molar-refractivity contribution is 0.250. The summed E-state index contributed by atoms with van der Waals surface area (Å²) >= 11 is 1.42. The molecule has 0 aliphatic rings. The zero-order valence-electron chi connectivity index (χ0n) is 7.92. The number of nitrogens with one attached hydrogen (secondary N) is 2. The van der Waals surface area contributed by atoms with Gasteiger partial charge in [0.25, 0.3) is 0 Å². The van der Waals surface area contributed by atoms with Gasteiger partial charge in [-0.2, -0.15) is 0 Å². The Morgan fingerprint density at radius 2 is 2.31 bits per heavy atom. The van der Waals surface area contributed by atoms with Gasteiger partial charge >= 0.3 is 6.03 Å². The van der Waals surface area contributed by atoms with E-state index in [1.54, 1.807) is 0 Å². The van der Waals surface area contributed by atoms with Crippen LogP contribution in [0.4, 0.5) is 9.93 Å². The van der Waals surface area contributed by atoms with Crippen LogP contribution in [0, 0.1) is 6.92 Å². The first-order valence-electron chi connectivity index (χ1n) is 4.07. The third kappa shape index (κ3) is 3.42. The fourth-order valence-corrected chi connectivity index (χ4v) is 1.49. The van der Waals surface area contributed by atoms with Crippen LogP contribution in [0.5, 0.6) is 0 Å². The van der Waals surface area contributed by atoms with Crippen molar-refractivity contribution in [3.8, 4) is 0 Å². The monoisotopic (exact) mass is 199 g/mol. The highest BCUT2D eigenvalue weighted by Crippen LogP contribution is 2.13. The molecule has 0 spiro atoms. The minimum atomic E-state index is -0.204. The molecule has 0 aromatic carbocycles. The van der Waals surface area contributed by atoms with Crippen molar-refractivity contribution in [1.82, 2.24) is 10.3 Å². The molecule has 0 atom stereocenters. The topological polar surface area (TPSA) is 54.0 Å². The molecule has 0 unspecified atom stereocenters. The first-order valence-corrected chi connectivity index (χ1v) is 4.95. The summed E-state index contributed by atoms with van der Waals surface area (Å²) in [4.78, 5) is 15.3. The lowest BCUT2D eigenvalue weighted by atomic mass is 10.4. The first kappa shape index (κ1) is 9.98. The van der Waals surface area contributed by atoms with E-state index in [0.29, 0.717) is 5.13 Å². The predicted octanol–water partition coefficient (Wildman–Crippen LogP) is 1.98. The van der Waals surface area contributed by atoms with E-state index < -0.39 is 0 Å². The van der Waals surface area contributed by atoms with Gasteiger partial charge in [-0.15, -0.1) is 11.3 Å². The molecule has 0 saturated carbocycles. The second-order valence-electron chi connectivity index (χ2n) is 3.05. The number of thiazole rings is 1. The summed E-state index contributed by atoms with van der Waals surface area (Å²) in [6.07, 6.45) is 0. The number of aromatic nitrogens is 1. The Bertz CT molecular complexity index is 295. The standard InChI is InChI=1S/C8H13N3OS/c1-5(2)9-7(12)11-8-10-6(3)4-13-8/h4-5H,1-3H3,(H2,9,10,11,12). The van der Waals surface area contributed by atoms with Crippen LogP contribution in [-0.2, 0) is 0 Å². The van der Waals surface area contributed by atoms with Crippen molar-refractivity contribution in [2.45, 2.75) is 26.8 Å². The average molecular weight is 199 g/mol. The number of nitrogens with zero attached hydrogens (tertiary/aromatic N) is 1. The van der Waals surface area contributed by atoms with Gasteiger partial charge in [-0.3, -0.25) is 5.32 Å². The molecule has 2 N–H and O–H groups in total. The van der Waals surface area contributed by atoms with Crippen LogP contribution in [0.3, 0.4) is 0 Å². The van der Waals surface area contributed by atoms with Crippen molar-refractivity contribution >= 4 is 22.5 Å². The quantitative estimate of drug-likeness (QED) is 0.765. The summed E-state index contributed by atoms with van der Waals surface area (Å²) in [5.74, 6) is 0. The molecule has 1 aromatic rings. The van der Waals surface area contributed by atoms with E-state index >= 15 is 0 Å². The number of carbonyl (C=O) groups excluding carboxylic acids is 1. The maximum atomic E-state index is 11.2. The number of anilines is 1. The summed E-state index contributed by atoms with van der Waals surface area (Å²) < 4.78 is 0. The Morgan fingerprint density at radius 3 is 2.77 bits per heavy atom. The van der Waals surface area contributed by atoms with Crippen LogP contribution in [0.15, 0.2) is 5.38 Å². The molecule has 2 amide bonds. The number of hydrogen-bond donors (Lipinski definition) is 2. The van der Waals surface area contributed by atoms with Crippen molar-refractivity contribution in [3.05, 3.63) is 11.1 Å². The summed E-state index contributed by atoms with van der Waals surface area (Å²) in [6, 6.07) is -0.0644. The maximum absolute atomic E-state index is 11.2. The Morgan fingerprint density at radius 1 is 1.62 bits per heavy atom. The van der Waals surface area contributed by atoms with E-state index in [2.05, 4.69) is 15.6 Å². The summed E-state index contributed by atoms with van der Waals surface area (Å²) in [5.41, 5.74) is 0.921. The van der Waals surface area contributed by atoms with Crippen LogP contribution in [0.25, 0.3) is 0 Å². The van der Waals surface area contributed by atoms with Crippen LogP contribution < -0.4 is 10.6 Å². The Kier molecular flexibility index (Phi) is 3.25. The molecule has 5 heteroatoms. The van der Waals surface area contributed by atoms with E-state index in [1.807, 2.05) is 26.2 Å². The Balaban J connectivity index is 2.45. The number of carbonyl (C=O) groups is 1. The number of amides is 2. The smallest absolute Gasteiger partial charge is 0.321 e. The maximum Gasteiger partial charge on any atom is 0.321 e. The minimum absolute atomic E-state index is 0.140. The van der Waals surface area contributed by atoms with Gasteiger partial charge in [0.2, 0.25) is 0 Å². The molecular weight excluding hydrogens is 186 g/mol. The van der Waals surface area contributed by atoms with E-state index in [0.717, 1.165) is 5.69 Å². The van der Waals surface area contributed by atoms with Gasteiger partial charge in [-0.05, 0) is 20.8 Å². The van der Waals surface area contributed by atoms with E-state index in [1.165, 1.54) is 11.3 Å². The zero-order valence-corrected chi connectivity index (χ0v) is 8.73. The Hall–Kier alpha value is -1.10. The lowest BCUT2D eigenvalue weighted by Crippen LogP contribution is -2.34. The minimum Gasteiger partial charge on any atom is -0.336 e. The highest BCUT2D eigenvalue weighted by molar-refractivity contribution is 7.13. The number of aryl methyl sites for hydroxylation is 1. The second-order valence-corrected chi connectivity index (χ2v) is 3.91. The normalized spacial score (nSPS) is 10.2. The molecule has 0 aliphatic carbocycles. The van der Waals surface area contributed by atoms with Gasteiger partial charge in [-0.1, -0.05) is 0 Å². The van der Waals surface area contributed by atoms with Crippen LogP contribution >= 0.6 is 11.3 Å². The van der Waals surface area contributed by atoms with Gasteiger partial charge in [0.05, 0.1) is 5.69 Å². The SMILES string of the molecule is Cc1csc(NC(=O)NC(C)C)n1. The molecular formula is C8H13N3OS. The second kappa shape index (κ2) is 4.23. The molecule has 1 rings (SSSR count). The molecule has 0 saturated heterocycles. The molecule has 1 aromatic heterocycles. The third-order valence-corrected chi connectivity index (χ3v) is 2.13. The Labute approximate surface area is 81.4 Å². The van der Waals surface area contributed by atoms with Crippen LogP contribution in [0.2, 0.25) is 0 Å². The molecule has 13 heavy (non-hydrogen) atoms. The number of urea groups is 1. The average Bonchev–Trinajstić information content (AvgIpc) is 2.33. The van der Waals surface area contributed by atoms with Crippen LogP contribution in [0.1, 0.15) is 19.5 Å². The molecule has 0 aliphatic heterocycles. The third-order valence-electron chi connectivity index (χ3n) is 1.26. The van der Waals surface area contributed by atoms with Gasteiger partial charge < -0.3 is 5.32 Å². The first-order chi connectivity index (χ1) is 6.08. The molecule has 1 heterocycles. The van der Waals surface area contributed by atoms with Gasteiger partial charge in [0, 0.05) is 11.4 Å². The van der Waals surface area contributed by atoms with E-state index in [4.69, 9.17) is 0 Å². The molecule has 72 valence electrons. The van der Waals surface area contributed by atoms with Crippen molar-refractivity contribution < 1.29 is 4.79 Å². The van der Waals surface area contributed by atoms with Crippen LogP contribution in [-0.4, -0.2) is 17.1 Å². The van der Waals surface area contributed by atoms with Gasteiger partial charge in [-0.25, -0.2) is 9.78 Å². The highest BCUT2D eigenvalue weighted by Gasteiger charge is 2.04. The molecule has 0 radical (unpaired) electrons. The number of rotatable bonds is 2. The highest BCUT2D eigenvalue weighted by atomic mass is 32.1. The van der Waals surface area contributed by atoms with Crippen molar-refractivity contribution in [3.63, 3.8) is 0 Å². The summed E-state index contributed by atoms with van der Waals surface area (Å²) in [5, 5.41) is 7.90. The lowest BCUT2D eigenvalue weighted by Gasteiger charge is -2.07. The predicted molar refractivity (Wildman–Crippen MR) is 54.1 cm³/mol. The molecule has 0 bridgehead atoms. The largest absolute Gasteiger partial charge is 0.336 e. The van der Waals surface area contributed by atoms with Crippen molar-refractivity contribution in [1.29, 1.82) is 0 Å². The zero-order chi connectivity index (χ0) is 9.84. The molecule has 0 fully saturated rings. The van der Waals surface area contributed by atoms with E-state index in [9.17, 15) is 4.79 Å². The molecule has 4 nitrogen and oxygen atoms in total. The summed E-state index contributed by atoms with van der Waals surface area (Å²) in [7, 11) is 0. The van der Waals surface area contributed by atoms with Crippen molar-refractivity contribution in [2.75, 3.05) is 5.32 Å². The number of hydrogen-bond acceptors (Lipinski definition) is 3. The van der Waals surface area contributed by atoms with Crippen molar-refractivity contribution in [2.24, 2.45) is 0 Å². The summed E-state index contributed by atoms with van der Waals surface area (Å²) in [6.45, 7) is 5.71. The van der Waals surface area contributed by atoms with E-state index in [-0.39, 0.29) is 12.1 Å². The fourth-order valence-electron chi connectivity index (χ4n) is 0.807.